The van der Waals surface area contributed by atoms with Gasteiger partial charge in [-0.15, -0.1) is 0 Å². The predicted molar refractivity (Wildman–Crippen MR) is 64.9 cm³/mol. The summed E-state index contributed by atoms with van der Waals surface area (Å²) in [6, 6.07) is 5.34. The molecule has 1 amide bonds. The van der Waals surface area contributed by atoms with Crippen molar-refractivity contribution in [3.05, 3.63) is 18.2 Å². The van der Waals surface area contributed by atoms with Gasteiger partial charge in [-0.3, -0.25) is 4.79 Å². The Bertz CT molecular complexity index is 365. The number of hydrogen-bond donors (Lipinski definition) is 2. The van der Waals surface area contributed by atoms with E-state index in [4.69, 9.17) is 11.5 Å². The van der Waals surface area contributed by atoms with Crippen molar-refractivity contribution in [3.63, 3.8) is 0 Å². The van der Waals surface area contributed by atoms with Crippen molar-refractivity contribution < 1.29 is 4.79 Å². The van der Waals surface area contributed by atoms with Crippen LogP contribution in [-0.2, 0) is 4.79 Å². The molecule has 5 heteroatoms. The van der Waals surface area contributed by atoms with Gasteiger partial charge in [0.05, 0.1) is 6.54 Å². The maximum absolute atomic E-state index is 11.0. The van der Waals surface area contributed by atoms with Crippen LogP contribution in [0.5, 0.6) is 0 Å². The molecule has 0 unspecified atom stereocenters. The molecule has 5 nitrogen and oxygen atoms in total. The SMILES string of the molecule is CC(C)CN(CC(N)=O)c1cccc(N)n1. The Balaban J connectivity index is 2.86. The first-order valence-electron chi connectivity index (χ1n) is 5.25. The lowest BCUT2D eigenvalue weighted by Gasteiger charge is -2.24. The molecule has 0 aliphatic rings. The summed E-state index contributed by atoms with van der Waals surface area (Å²) < 4.78 is 0. The molecule has 1 aromatic rings. The highest BCUT2D eigenvalue weighted by Crippen LogP contribution is 2.13. The number of rotatable bonds is 5. The van der Waals surface area contributed by atoms with Gasteiger partial charge in [-0.05, 0) is 18.1 Å². The molecule has 0 saturated carbocycles. The zero-order valence-electron chi connectivity index (χ0n) is 9.68. The van der Waals surface area contributed by atoms with Crippen molar-refractivity contribution in [2.45, 2.75) is 13.8 Å². The molecule has 1 aromatic heterocycles. The van der Waals surface area contributed by atoms with Gasteiger partial charge in [0, 0.05) is 6.54 Å². The lowest BCUT2D eigenvalue weighted by molar-refractivity contribution is -0.116. The second kappa shape index (κ2) is 5.34. The van der Waals surface area contributed by atoms with Crippen molar-refractivity contribution in [2.24, 2.45) is 11.7 Å². The molecule has 4 N–H and O–H groups in total. The summed E-state index contributed by atoms with van der Waals surface area (Å²) in [5.41, 5.74) is 10.8. The third-order valence-corrected chi connectivity index (χ3v) is 2.01. The van der Waals surface area contributed by atoms with Gasteiger partial charge >= 0.3 is 0 Å². The van der Waals surface area contributed by atoms with Gasteiger partial charge in [0.15, 0.2) is 0 Å². The number of anilines is 2. The van der Waals surface area contributed by atoms with Crippen molar-refractivity contribution >= 4 is 17.5 Å². The molecule has 16 heavy (non-hydrogen) atoms. The molecule has 0 aliphatic heterocycles. The number of nitrogen functional groups attached to an aromatic ring is 1. The van der Waals surface area contributed by atoms with E-state index in [1.165, 1.54) is 0 Å². The number of primary amides is 1. The van der Waals surface area contributed by atoms with E-state index in [2.05, 4.69) is 18.8 Å². The minimum atomic E-state index is -0.370. The third-order valence-electron chi connectivity index (χ3n) is 2.01. The summed E-state index contributed by atoms with van der Waals surface area (Å²) >= 11 is 0. The van der Waals surface area contributed by atoms with Gasteiger partial charge in [-0.1, -0.05) is 19.9 Å². The zero-order valence-corrected chi connectivity index (χ0v) is 9.68. The number of nitrogens with zero attached hydrogens (tertiary/aromatic N) is 2. The first kappa shape index (κ1) is 12.3. The second-order valence-corrected chi connectivity index (χ2v) is 4.16. The lowest BCUT2D eigenvalue weighted by atomic mass is 10.2. The number of carbonyl (C=O) groups is 1. The Morgan fingerprint density at radius 3 is 2.69 bits per heavy atom. The number of nitrogens with two attached hydrogens (primary N) is 2. The average Bonchev–Trinajstić information content (AvgIpc) is 2.15. The van der Waals surface area contributed by atoms with Crippen LogP contribution in [0.1, 0.15) is 13.8 Å². The molecule has 1 rings (SSSR count). The van der Waals surface area contributed by atoms with Crippen LogP contribution in [0.15, 0.2) is 18.2 Å². The van der Waals surface area contributed by atoms with E-state index in [0.29, 0.717) is 17.6 Å². The third kappa shape index (κ3) is 3.76. The maximum Gasteiger partial charge on any atom is 0.236 e. The molecule has 1 heterocycles. The number of aromatic nitrogens is 1. The zero-order chi connectivity index (χ0) is 12.1. The minimum absolute atomic E-state index is 0.161. The van der Waals surface area contributed by atoms with E-state index in [-0.39, 0.29) is 12.5 Å². The average molecular weight is 222 g/mol. The summed E-state index contributed by atoms with van der Waals surface area (Å²) in [4.78, 5) is 17.0. The maximum atomic E-state index is 11.0. The van der Waals surface area contributed by atoms with Crippen LogP contribution in [0.4, 0.5) is 11.6 Å². The summed E-state index contributed by atoms with van der Waals surface area (Å²) in [7, 11) is 0. The molecular weight excluding hydrogens is 204 g/mol. The molecule has 0 aliphatic carbocycles. The number of amides is 1. The van der Waals surface area contributed by atoms with E-state index in [1.807, 2.05) is 17.0 Å². The van der Waals surface area contributed by atoms with Gasteiger partial charge in [-0.25, -0.2) is 4.98 Å². The molecular formula is C11H18N4O. The minimum Gasteiger partial charge on any atom is -0.384 e. The molecule has 0 saturated heterocycles. The molecule has 0 bridgehead atoms. The number of hydrogen-bond acceptors (Lipinski definition) is 4. The van der Waals surface area contributed by atoms with Crippen molar-refractivity contribution in [2.75, 3.05) is 23.7 Å². The number of pyridine rings is 1. The fraction of sp³-hybridized carbons (Fsp3) is 0.455. The second-order valence-electron chi connectivity index (χ2n) is 4.16. The van der Waals surface area contributed by atoms with Crippen LogP contribution in [0.3, 0.4) is 0 Å². The topological polar surface area (TPSA) is 85.2 Å². The Kier molecular flexibility index (Phi) is 4.10. The van der Waals surface area contributed by atoms with E-state index in [1.54, 1.807) is 6.07 Å². The molecule has 0 atom stereocenters. The quantitative estimate of drug-likeness (QED) is 0.764. The predicted octanol–water partition coefficient (Wildman–Crippen LogP) is 0.611. The summed E-state index contributed by atoms with van der Waals surface area (Å²) in [5.74, 6) is 1.18. The van der Waals surface area contributed by atoms with Gasteiger partial charge in [-0.2, -0.15) is 0 Å². The molecule has 0 radical (unpaired) electrons. The van der Waals surface area contributed by atoms with E-state index >= 15 is 0 Å². The summed E-state index contributed by atoms with van der Waals surface area (Å²) in [6.07, 6.45) is 0. The van der Waals surface area contributed by atoms with Gasteiger partial charge < -0.3 is 16.4 Å². The van der Waals surface area contributed by atoms with Gasteiger partial charge in [0.2, 0.25) is 5.91 Å². The Morgan fingerprint density at radius 1 is 1.50 bits per heavy atom. The van der Waals surface area contributed by atoms with Gasteiger partial charge in [0.1, 0.15) is 11.6 Å². The Labute approximate surface area is 95.4 Å². The normalized spacial score (nSPS) is 10.4. The standard InChI is InChI=1S/C11H18N4O/c1-8(2)6-15(7-10(13)16)11-5-3-4-9(12)14-11/h3-5,8H,6-7H2,1-2H3,(H2,12,14)(H2,13,16). The fourth-order valence-electron chi connectivity index (χ4n) is 1.48. The molecule has 88 valence electrons. The largest absolute Gasteiger partial charge is 0.384 e. The van der Waals surface area contributed by atoms with E-state index in [9.17, 15) is 4.79 Å². The van der Waals surface area contributed by atoms with Crippen LogP contribution < -0.4 is 16.4 Å². The van der Waals surface area contributed by atoms with Crippen molar-refractivity contribution in [3.8, 4) is 0 Å². The van der Waals surface area contributed by atoms with Crippen molar-refractivity contribution in [1.29, 1.82) is 0 Å². The van der Waals surface area contributed by atoms with Crippen molar-refractivity contribution in [1.82, 2.24) is 4.98 Å². The van der Waals surface area contributed by atoms with E-state index < -0.39 is 0 Å². The summed E-state index contributed by atoms with van der Waals surface area (Å²) in [6.45, 7) is 5.02. The first-order valence-corrected chi connectivity index (χ1v) is 5.25. The fourth-order valence-corrected chi connectivity index (χ4v) is 1.48. The Morgan fingerprint density at radius 2 is 2.19 bits per heavy atom. The van der Waals surface area contributed by atoms with Crippen LogP contribution in [0.25, 0.3) is 0 Å². The highest BCUT2D eigenvalue weighted by molar-refractivity contribution is 5.79. The smallest absolute Gasteiger partial charge is 0.236 e. The Hall–Kier alpha value is -1.78. The monoisotopic (exact) mass is 222 g/mol. The van der Waals surface area contributed by atoms with Crippen LogP contribution in [0.2, 0.25) is 0 Å². The highest BCUT2D eigenvalue weighted by Gasteiger charge is 2.12. The molecule has 0 fully saturated rings. The van der Waals surface area contributed by atoms with Crippen LogP contribution in [0, 0.1) is 5.92 Å². The van der Waals surface area contributed by atoms with Gasteiger partial charge in [0.25, 0.3) is 0 Å². The van der Waals surface area contributed by atoms with E-state index in [0.717, 1.165) is 6.54 Å². The molecule has 0 aromatic carbocycles. The first-order chi connectivity index (χ1) is 7.49. The van der Waals surface area contributed by atoms with Crippen LogP contribution >= 0.6 is 0 Å². The summed E-state index contributed by atoms with van der Waals surface area (Å²) in [5, 5.41) is 0. The molecule has 0 spiro atoms. The highest BCUT2D eigenvalue weighted by atomic mass is 16.1. The van der Waals surface area contributed by atoms with Crippen LogP contribution in [-0.4, -0.2) is 24.0 Å². The number of carbonyl (C=O) groups excluding carboxylic acids is 1. The lowest BCUT2D eigenvalue weighted by Crippen LogP contribution is -2.36.